The molecule has 1 aliphatic rings. The average Bonchev–Trinajstić information content (AvgIpc) is 3.11. The fourth-order valence-corrected chi connectivity index (χ4v) is 5.28. The Morgan fingerprint density at radius 3 is 2.50 bits per heavy atom. The van der Waals surface area contributed by atoms with E-state index in [1.54, 1.807) is 18.2 Å². The lowest BCUT2D eigenvalue weighted by Gasteiger charge is -2.18. The van der Waals surface area contributed by atoms with Crippen molar-refractivity contribution in [1.82, 2.24) is 4.98 Å². The number of sulfone groups is 1. The van der Waals surface area contributed by atoms with Crippen molar-refractivity contribution in [2.75, 3.05) is 7.11 Å². The van der Waals surface area contributed by atoms with Crippen LogP contribution in [0, 0.1) is 0 Å². The van der Waals surface area contributed by atoms with Crippen LogP contribution < -0.4 is 0 Å². The molecule has 4 nitrogen and oxygen atoms in total. The Bertz CT molecular complexity index is 882. The summed E-state index contributed by atoms with van der Waals surface area (Å²) in [5.41, 5.74) is -0.582. The van der Waals surface area contributed by atoms with E-state index in [2.05, 4.69) is 4.98 Å². The van der Waals surface area contributed by atoms with Gasteiger partial charge in [-0.25, -0.2) is 8.42 Å². The van der Waals surface area contributed by atoms with E-state index >= 15 is 0 Å². The Morgan fingerprint density at radius 2 is 1.92 bits per heavy atom. The van der Waals surface area contributed by atoms with Gasteiger partial charge >= 0.3 is 6.18 Å². The van der Waals surface area contributed by atoms with Gasteiger partial charge < -0.3 is 4.74 Å². The molecular weight excluding hydrogens is 367 g/mol. The topological polar surface area (TPSA) is 56.3 Å². The molecule has 0 unspecified atom stereocenters. The molecule has 1 aliphatic carbocycles. The Labute approximate surface area is 149 Å². The maximum atomic E-state index is 13.6. The normalized spacial score (nSPS) is 21.1. The van der Waals surface area contributed by atoms with Crippen molar-refractivity contribution >= 4 is 9.84 Å². The van der Waals surface area contributed by atoms with Gasteiger partial charge in [0.15, 0.2) is 9.84 Å². The number of aromatic nitrogens is 1. The maximum Gasteiger partial charge on any atom is 0.417 e. The monoisotopic (exact) mass is 385 g/mol. The Morgan fingerprint density at radius 1 is 1.15 bits per heavy atom. The molecule has 1 heterocycles. The number of benzene rings is 1. The van der Waals surface area contributed by atoms with Gasteiger partial charge in [-0.1, -0.05) is 12.1 Å². The predicted octanol–water partition coefficient (Wildman–Crippen LogP) is 4.11. The maximum absolute atomic E-state index is 13.6. The number of pyridine rings is 1. The van der Waals surface area contributed by atoms with Crippen molar-refractivity contribution in [1.29, 1.82) is 0 Å². The number of hydrogen-bond donors (Lipinski definition) is 0. The Kier molecular flexibility index (Phi) is 5.07. The van der Waals surface area contributed by atoms with Crippen molar-refractivity contribution in [2.24, 2.45) is 0 Å². The minimum absolute atomic E-state index is 0.206. The molecule has 0 radical (unpaired) electrons. The molecule has 2 aromatic rings. The van der Waals surface area contributed by atoms with Crippen LogP contribution in [0.1, 0.15) is 24.8 Å². The van der Waals surface area contributed by atoms with E-state index in [-0.39, 0.29) is 18.1 Å². The van der Waals surface area contributed by atoms with E-state index < -0.39 is 31.7 Å². The van der Waals surface area contributed by atoms with Crippen molar-refractivity contribution in [3.05, 3.63) is 48.2 Å². The minimum Gasteiger partial charge on any atom is -0.381 e. The van der Waals surface area contributed by atoms with Crippen LogP contribution in [0.5, 0.6) is 0 Å². The number of alkyl halides is 3. The molecule has 0 amide bonds. The first-order valence-corrected chi connectivity index (χ1v) is 9.67. The van der Waals surface area contributed by atoms with E-state index in [1.165, 1.54) is 19.4 Å². The number of methoxy groups -OCH3 is 1. The highest BCUT2D eigenvalue weighted by atomic mass is 32.2. The van der Waals surface area contributed by atoms with Crippen molar-refractivity contribution in [2.45, 2.75) is 41.7 Å². The van der Waals surface area contributed by atoms with Gasteiger partial charge in [-0.3, -0.25) is 4.98 Å². The summed E-state index contributed by atoms with van der Waals surface area (Å²) < 4.78 is 71.6. The van der Waals surface area contributed by atoms with Crippen LogP contribution in [0.3, 0.4) is 0 Å². The summed E-state index contributed by atoms with van der Waals surface area (Å²) in [7, 11) is -2.64. The van der Waals surface area contributed by atoms with Crippen LogP contribution in [-0.2, 0) is 20.8 Å². The van der Waals surface area contributed by atoms with Crippen LogP contribution in [0.25, 0.3) is 11.3 Å². The van der Waals surface area contributed by atoms with Crippen LogP contribution in [0.2, 0.25) is 0 Å². The minimum atomic E-state index is -4.79. The van der Waals surface area contributed by atoms with E-state index in [4.69, 9.17) is 4.74 Å². The summed E-state index contributed by atoms with van der Waals surface area (Å²) in [5, 5.41) is -0.866. The van der Waals surface area contributed by atoms with Crippen LogP contribution in [0.15, 0.2) is 47.5 Å². The summed E-state index contributed by atoms with van der Waals surface area (Å²) in [6.45, 7) is 0. The zero-order valence-electron chi connectivity index (χ0n) is 14.0. The quantitative estimate of drug-likeness (QED) is 0.795. The molecule has 0 N–H and O–H groups in total. The number of ether oxygens (including phenoxy) is 1. The number of hydrogen-bond acceptors (Lipinski definition) is 4. The van der Waals surface area contributed by atoms with E-state index in [1.807, 2.05) is 0 Å². The predicted molar refractivity (Wildman–Crippen MR) is 90.3 cm³/mol. The Balaban J connectivity index is 2.07. The number of nitrogens with zero attached hydrogens (tertiary/aromatic N) is 1. The molecule has 1 fully saturated rings. The molecule has 3 rings (SSSR count). The SMILES string of the molecule is CO[C@H]1CC[C@H](S(=O)(=O)c2ccc(-c3ccccn3)cc2C(F)(F)F)C1. The summed E-state index contributed by atoms with van der Waals surface area (Å²) in [4.78, 5) is 3.35. The lowest BCUT2D eigenvalue weighted by molar-refractivity contribution is -0.139. The molecule has 26 heavy (non-hydrogen) atoms. The highest BCUT2D eigenvalue weighted by Gasteiger charge is 2.42. The zero-order chi connectivity index (χ0) is 18.9. The third kappa shape index (κ3) is 3.61. The first-order valence-electron chi connectivity index (χ1n) is 8.13. The lowest BCUT2D eigenvalue weighted by Crippen LogP contribution is -2.23. The third-order valence-corrected chi connectivity index (χ3v) is 6.94. The van der Waals surface area contributed by atoms with Gasteiger partial charge in [0, 0.05) is 18.9 Å². The van der Waals surface area contributed by atoms with Gasteiger partial charge in [-0.2, -0.15) is 13.2 Å². The standard InChI is InChI=1S/C18H18F3NO3S/c1-25-13-6-7-14(11-13)26(23,24)17-8-5-12(10-15(17)18(19,20)21)16-4-2-3-9-22-16/h2-5,8-10,13-14H,6-7,11H2,1H3/t13-,14-/m0/s1. The molecule has 0 aliphatic heterocycles. The van der Waals surface area contributed by atoms with E-state index in [0.717, 1.165) is 12.1 Å². The highest BCUT2D eigenvalue weighted by molar-refractivity contribution is 7.92. The van der Waals surface area contributed by atoms with Gasteiger partial charge in [0.2, 0.25) is 0 Å². The van der Waals surface area contributed by atoms with Crippen LogP contribution in [0.4, 0.5) is 13.2 Å². The molecular formula is C18H18F3NO3S. The summed E-state index contributed by atoms with van der Waals surface area (Å²) >= 11 is 0. The first-order chi connectivity index (χ1) is 12.2. The van der Waals surface area contributed by atoms with Gasteiger partial charge in [0.1, 0.15) is 0 Å². The summed E-state index contributed by atoms with van der Waals surface area (Å²) in [6, 6.07) is 8.15. The van der Waals surface area contributed by atoms with Crippen molar-refractivity contribution in [3.63, 3.8) is 0 Å². The average molecular weight is 385 g/mol. The molecule has 0 saturated heterocycles. The molecule has 8 heteroatoms. The van der Waals surface area contributed by atoms with Gasteiger partial charge in [-0.15, -0.1) is 0 Å². The summed E-state index contributed by atoms with van der Waals surface area (Å²) in [5.74, 6) is 0. The fourth-order valence-electron chi connectivity index (χ4n) is 3.27. The molecule has 1 aromatic carbocycles. The Hall–Kier alpha value is -1.93. The smallest absolute Gasteiger partial charge is 0.381 e. The van der Waals surface area contributed by atoms with Crippen molar-refractivity contribution in [3.8, 4) is 11.3 Å². The largest absolute Gasteiger partial charge is 0.417 e. The summed E-state index contributed by atoms with van der Waals surface area (Å²) in [6.07, 6.45) is -2.54. The van der Waals surface area contributed by atoms with E-state index in [9.17, 15) is 21.6 Å². The second-order valence-corrected chi connectivity index (χ2v) is 8.46. The van der Waals surface area contributed by atoms with Crippen LogP contribution in [-0.4, -0.2) is 31.9 Å². The lowest BCUT2D eigenvalue weighted by atomic mass is 10.1. The second-order valence-electron chi connectivity index (χ2n) is 6.26. The first kappa shape index (κ1) is 18.8. The van der Waals surface area contributed by atoms with Crippen LogP contribution >= 0.6 is 0 Å². The number of rotatable bonds is 4. The molecule has 0 spiro atoms. The fraction of sp³-hybridized carbons (Fsp3) is 0.389. The molecule has 1 aromatic heterocycles. The molecule has 140 valence electrons. The van der Waals surface area contributed by atoms with Gasteiger partial charge in [-0.05, 0) is 43.5 Å². The van der Waals surface area contributed by atoms with Crippen molar-refractivity contribution < 1.29 is 26.3 Å². The van der Waals surface area contributed by atoms with Gasteiger partial charge in [0.25, 0.3) is 0 Å². The molecule has 2 atom stereocenters. The molecule has 1 saturated carbocycles. The highest BCUT2D eigenvalue weighted by Crippen LogP contribution is 2.40. The second kappa shape index (κ2) is 7.00. The third-order valence-electron chi connectivity index (χ3n) is 4.66. The zero-order valence-corrected chi connectivity index (χ0v) is 14.8. The van der Waals surface area contributed by atoms with Gasteiger partial charge in [0.05, 0.1) is 27.5 Å². The van der Waals surface area contributed by atoms with E-state index in [0.29, 0.717) is 18.5 Å². The number of halogens is 3. The molecule has 0 bridgehead atoms.